The van der Waals surface area contributed by atoms with E-state index in [4.69, 9.17) is 33.7 Å². The molecule has 0 amide bonds. The van der Waals surface area contributed by atoms with Crippen LogP contribution in [0.2, 0.25) is 10.0 Å². The van der Waals surface area contributed by atoms with Gasteiger partial charge in [0.1, 0.15) is 16.5 Å². The van der Waals surface area contributed by atoms with Crippen molar-refractivity contribution in [3.63, 3.8) is 0 Å². The summed E-state index contributed by atoms with van der Waals surface area (Å²) in [5, 5.41) is 0.871. The number of hydrogen-bond acceptors (Lipinski definition) is 2. The van der Waals surface area contributed by atoms with Gasteiger partial charge in [0, 0.05) is 12.1 Å². The van der Waals surface area contributed by atoms with Crippen LogP contribution in [0, 0.1) is 0 Å². The second kappa shape index (κ2) is 5.41. The number of hydrogen-bond donors (Lipinski definition) is 1. The molecule has 0 aliphatic rings. The van der Waals surface area contributed by atoms with Crippen molar-refractivity contribution < 1.29 is 4.74 Å². The van der Waals surface area contributed by atoms with Crippen molar-refractivity contribution in [2.45, 2.75) is 6.54 Å². The quantitative estimate of drug-likeness (QED) is 0.903. The van der Waals surface area contributed by atoms with Crippen LogP contribution in [0.5, 0.6) is 11.5 Å². The highest BCUT2D eigenvalue weighted by molar-refractivity contribution is 6.42. The van der Waals surface area contributed by atoms with Crippen molar-refractivity contribution in [3.05, 3.63) is 58.1 Å². The molecule has 0 aromatic heterocycles. The first-order chi connectivity index (χ1) is 8.22. The summed E-state index contributed by atoms with van der Waals surface area (Å²) >= 11 is 12.0. The highest BCUT2D eigenvalue weighted by atomic mass is 35.5. The van der Waals surface area contributed by atoms with Crippen LogP contribution >= 0.6 is 23.2 Å². The second-order valence-electron chi connectivity index (χ2n) is 3.47. The molecule has 88 valence electrons. The molecule has 2 nitrogen and oxygen atoms in total. The summed E-state index contributed by atoms with van der Waals surface area (Å²) in [7, 11) is 0. The van der Waals surface area contributed by atoms with Crippen LogP contribution in [0.4, 0.5) is 0 Å². The van der Waals surface area contributed by atoms with Crippen LogP contribution in [-0.2, 0) is 6.54 Å². The summed E-state index contributed by atoms with van der Waals surface area (Å²) in [6.45, 7) is 0.411. The van der Waals surface area contributed by atoms with Crippen LogP contribution in [0.3, 0.4) is 0 Å². The Morgan fingerprint density at radius 1 is 0.941 bits per heavy atom. The van der Waals surface area contributed by atoms with Gasteiger partial charge in [0.2, 0.25) is 0 Å². The van der Waals surface area contributed by atoms with Crippen LogP contribution in [0.15, 0.2) is 42.5 Å². The van der Waals surface area contributed by atoms with Gasteiger partial charge in [-0.3, -0.25) is 0 Å². The Morgan fingerprint density at radius 2 is 1.65 bits per heavy atom. The van der Waals surface area contributed by atoms with Gasteiger partial charge in [-0.05, 0) is 18.2 Å². The number of nitrogens with two attached hydrogens (primary N) is 1. The molecule has 17 heavy (non-hydrogen) atoms. The maximum absolute atomic E-state index is 6.05. The zero-order valence-electron chi connectivity index (χ0n) is 8.99. The molecular formula is C13H11Cl2NO. The maximum Gasteiger partial charge on any atom is 0.147 e. The number of para-hydroxylation sites is 1. The van der Waals surface area contributed by atoms with Gasteiger partial charge in [-0.1, -0.05) is 47.5 Å². The molecular weight excluding hydrogens is 257 g/mol. The van der Waals surface area contributed by atoms with Gasteiger partial charge in [-0.15, -0.1) is 0 Å². The fraction of sp³-hybridized carbons (Fsp3) is 0.0769. The molecule has 0 fully saturated rings. The summed E-state index contributed by atoms with van der Waals surface area (Å²) in [5.74, 6) is 1.22. The summed E-state index contributed by atoms with van der Waals surface area (Å²) in [6.07, 6.45) is 0. The first-order valence-corrected chi connectivity index (χ1v) is 5.88. The minimum Gasteiger partial charge on any atom is -0.455 e. The fourth-order valence-corrected chi connectivity index (χ4v) is 1.78. The lowest BCUT2D eigenvalue weighted by molar-refractivity contribution is 0.476. The van der Waals surface area contributed by atoms with Crippen LogP contribution < -0.4 is 10.5 Å². The third kappa shape index (κ3) is 2.72. The predicted molar refractivity (Wildman–Crippen MR) is 70.9 cm³/mol. The predicted octanol–water partition coefficient (Wildman–Crippen LogP) is 4.24. The van der Waals surface area contributed by atoms with E-state index < -0.39 is 0 Å². The molecule has 0 atom stereocenters. The Morgan fingerprint density at radius 3 is 2.41 bits per heavy atom. The Hall–Kier alpha value is -1.22. The zero-order valence-corrected chi connectivity index (χ0v) is 10.5. The molecule has 0 aliphatic carbocycles. The molecule has 0 radical (unpaired) electrons. The van der Waals surface area contributed by atoms with Gasteiger partial charge >= 0.3 is 0 Å². The van der Waals surface area contributed by atoms with Gasteiger partial charge in [-0.2, -0.15) is 0 Å². The summed E-state index contributed by atoms with van der Waals surface area (Å²) in [5.41, 5.74) is 6.55. The Labute approximate surface area is 110 Å². The topological polar surface area (TPSA) is 35.2 Å². The van der Waals surface area contributed by atoms with Crippen molar-refractivity contribution in [2.75, 3.05) is 0 Å². The molecule has 0 aliphatic heterocycles. The van der Waals surface area contributed by atoms with Crippen LogP contribution in [-0.4, -0.2) is 0 Å². The first-order valence-electron chi connectivity index (χ1n) is 5.12. The summed E-state index contributed by atoms with van der Waals surface area (Å²) in [6, 6.07) is 12.8. The van der Waals surface area contributed by atoms with E-state index >= 15 is 0 Å². The van der Waals surface area contributed by atoms with Gasteiger partial charge in [0.25, 0.3) is 0 Å². The molecule has 4 heteroatoms. The normalized spacial score (nSPS) is 10.3. The minimum absolute atomic E-state index is 0.404. The fourth-order valence-electron chi connectivity index (χ4n) is 1.45. The number of halogens is 2. The Bertz CT molecular complexity index is 529. The molecule has 2 aromatic carbocycles. The average Bonchev–Trinajstić information content (AvgIpc) is 2.35. The molecule has 0 spiro atoms. The monoisotopic (exact) mass is 267 g/mol. The highest BCUT2D eigenvalue weighted by Crippen LogP contribution is 2.35. The largest absolute Gasteiger partial charge is 0.455 e. The summed E-state index contributed by atoms with van der Waals surface area (Å²) in [4.78, 5) is 0. The van der Waals surface area contributed by atoms with E-state index in [0.29, 0.717) is 28.1 Å². The number of ether oxygens (including phenoxy) is 1. The second-order valence-corrected chi connectivity index (χ2v) is 4.25. The van der Waals surface area contributed by atoms with E-state index in [2.05, 4.69) is 0 Å². The lowest BCUT2D eigenvalue weighted by Gasteiger charge is -2.11. The van der Waals surface area contributed by atoms with Crippen LogP contribution in [0.1, 0.15) is 5.56 Å². The molecule has 0 saturated carbocycles. The van der Waals surface area contributed by atoms with E-state index in [0.717, 1.165) is 5.56 Å². The zero-order chi connectivity index (χ0) is 12.3. The van der Waals surface area contributed by atoms with Gasteiger partial charge < -0.3 is 10.5 Å². The van der Waals surface area contributed by atoms with Crippen molar-refractivity contribution >= 4 is 23.2 Å². The lowest BCUT2D eigenvalue weighted by Crippen LogP contribution is -1.99. The minimum atomic E-state index is 0.404. The average molecular weight is 268 g/mol. The molecule has 0 unspecified atom stereocenters. The first kappa shape index (κ1) is 12.2. The highest BCUT2D eigenvalue weighted by Gasteiger charge is 2.08. The smallest absolute Gasteiger partial charge is 0.147 e. The SMILES string of the molecule is NCc1ccccc1Oc1cccc(Cl)c1Cl. The lowest BCUT2D eigenvalue weighted by atomic mass is 10.2. The van der Waals surface area contributed by atoms with Crippen molar-refractivity contribution in [3.8, 4) is 11.5 Å². The summed E-state index contributed by atoms with van der Waals surface area (Å²) < 4.78 is 5.72. The van der Waals surface area contributed by atoms with E-state index in [1.807, 2.05) is 24.3 Å². The Balaban J connectivity index is 2.35. The third-order valence-corrected chi connectivity index (χ3v) is 3.13. The Kier molecular flexibility index (Phi) is 3.89. The molecule has 2 aromatic rings. The van der Waals surface area contributed by atoms with E-state index in [1.165, 1.54) is 0 Å². The maximum atomic E-state index is 6.05. The molecule has 0 saturated heterocycles. The van der Waals surface area contributed by atoms with Gasteiger partial charge in [-0.25, -0.2) is 0 Å². The van der Waals surface area contributed by atoms with Crippen molar-refractivity contribution in [2.24, 2.45) is 5.73 Å². The van der Waals surface area contributed by atoms with Crippen molar-refractivity contribution in [1.29, 1.82) is 0 Å². The molecule has 0 bridgehead atoms. The van der Waals surface area contributed by atoms with E-state index in [9.17, 15) is 0 Å². The van der Waals surface area contributed by atoms with Crippen molar-refractivity contribution in [1.82, 2.24) is 0 Å². The van der Waals surface area contributed by atoms with Gasteiger partial charge in [0.15, 0.2) is 0 Å². The molecule has 2 rings (SSSR count). The van der Waals surface area contributed by atoms with E-state index in [1.54, 1.807) is 18.2 Å². The van der Waals surface area contributed by atoms with Gasteiger partial charge in [0.05, 0.1) is 5.02 Å². The standard InChI is InChI=1S/C13H11Cl2NO/c14-10-5-3-7-12(13(10)15)17-11-6-2-1-4-9(11)8-16/h1-7H,8,16H2. The van der Waals surface area contributed by atoms with Crippen LogP contribution in [0.25, 0.3) is 0 Å². The number of rotatable bonds is 3. The third-order valence-electron chi connectivity index (χ3n) is 2.33. The number of benzene rings is 2. The molecule has 0 heterocycles. The molecule has 2 N–H and O–H groups in total. The van der Waals surface area contributed by atoms with E-state index in [-0.39, 0.29) is 0 Å².